The predicted octanol–water partition coefficient (Wildman–Crippen LogP) is 3.80. The molecular weight excluding hydrogens is 246 g/mol. The number of benzene rings is 2. The van der Waals surface area contributed by atoms with E-state index in [1.54, 1.807) is 0 Å². The second kappa shape index (κ2) is 6.12. The van der Waals surface area contributed by atoms with Crippen molar-refractivity contribution < 1.29 is 0 Å². The molecule has 1 unspecified atom stereocenters. The Bertz CT molecular complexity index is 609. The number of hydrogen-bond acceptors (Lipinski definition) is 3. The van der Waals surface area contributed by atoms with Gasteiger partial charge in [0.25, 0.3) is 0 Å². The summed E-state index contributed by atoms with van der Waals surface area (Å²) in [5, 5.41) is 12.4. The second-order valence-corrected chi connectivity index (χ2v) is 5.04. The quantitative estimate of drug-likeness (QED) is 0.914. The minimum atomic E-state index is 0.161. The lowest BCUT2D eigenvalue weighted by atomic mass is 10.1. The van der Waals surface area contributed by atoms with Gasteiger partial charge in [-0.3, -0.25) is 0 Å². The molecule has 0 aliphatic heterocycles. The lowest BCUT2D eigenvalue weighted by molar-refractivity contribution is 0.884. The van der Waals surface area contributed by atoms with Gasteiger partial charge in [0.1, 0.15) is 0 Å². The standard InChI is InChI=1S/C17H19N3/c1-13(15-6-4-5-14(11-15)12-18)19-16-7-9-17(10-8-16)20(2)3/h4-11,13,19H,1-3H3. The monoisotopic (exact) mass is 265 g/mol. The van der Waals surface area contributed by atoms with E-state index in [2.05, 4.69) is 47.5 Å². The molecule has 0 heterocycles. The molecule has 0 aromatic heterocycles. The maximum atomic E-state index is 8.94. The van der Waals surface area contributed by atoms with Gasteiger partial charge in [0, 0.05) is 31.5 Å². The summed E-state index contributed by atoms with van der Waals surface area (Å²) in [6.45, 7) is 2.09. The molecule has 0 bridgehead atoms. The lowest BCUT2D eigenvalue weighted by Crippen LogP contribution is -2.09. The van der Waals surface area contributed by atoms with Crippen molar-refractivity contribution >= 4 is 11.4 Å². The zero-order valence-corrected chi connectivity index (χ0v) is 12.1. The molecule has 1 N–H and O–H groups in total. The van der Waals surface area contributed by atoms with Crippen LogP contribution < -0.4 is 10.2 Å². The normalized spacial score (nSPS) is 11.5. The van der Waals surface area contributed by atoms with Crippen molar-refractivity contribution in [3.05, 3.63) is 59.7 Å². The Hall–Kier alpha value is -2.47. The molecule has 2 aromatic rings. The van der Waals surface area contributed by atoms with Crippen molar-refractivity contribution in [2.75, 3.05) is 24.3 Å². The molecule has 0 amide bonds. The number of hydrogen-bond donors (Lipinski definition) is 1. The smallest absolute Gasteiger partial charge is 0.0991 e. The molecule has 20 heavy (non-hydrogen) atoms. The van der Waals surface area contributed by atoms with Crippen molar-refractivity contribution in [3.63, 3.8) is 0 Å². The Labute approximate surface area is 120 Å². The van der Waals surface area contributed by atoms with Crippen molar-refractivity contribution in [3.8, 4) is 6.07 Å². The summed E-state index contributed by atoms with van der Waals surface area (Å²) in [6, 6.07) is 18.3. The Morgan fingerprint density at radius 2 is 1.80 bits per heavy atom. The number of rotatable bonds is 4. The molecule has 0 saturated carbocycles. The topological polar surface area (TPSA) is 39.1 Å². The van der Waals surface area contributed by atoms with E-state index in [0.717, 1.165) is 11.3 Å². The van der Waals surface area contributed by atoms with Crippen LogP contribution >= 0.6 is 0 Å². The maximum absolute atomic E-state index is 8.94. The van der Waals surface area contributed by atoms with Crippen molar-refractivity contribution in [1.29, 1.82) is 5.26 Å². The fourth-order valence-electron chi connectivity index (χ4n) is 2.07. The zero-order valence-electron chi connectivity index (χ0n) is 12.1. The summed E-state index contributed by atoms with van der Waals surface area (Å²) in [7, 11) is 4.05. The summed E-state index contributed by atoms with van der Waals surface area (Å²) < 4.78 is 0. The van der Waals surface area contributed by atoms with Gasteiger partial charge in [-0.25, -0.2) is 0 Å². The summed E-state index contributed by atoms with van der Waals surface area (Å²) in [5.74, 6) is 0. The molecule has 0 saturated heterocycles. The summed E-state index contributed by atoms with van der Waals surface area (Å²) >= 11 is 0. The van der Waals surface area contributed by atoms with E-state index in [1.165, 1.54) is 5.69 Å². The highest BCUT2D eigenvalue weighted by Gasteiger charge is 2.06. The van der Waals surface area contributed by atoms with Gasteiger partial charge in [0.2, 0.25) is 0 Å². The minimum Gasteiger partial charge on any atom is -0.379 e. The van der Waals surface area contributed by atoms with Crippen molar-refractivity contribution in [2.45, 2.75) is 13.0 Å². The number of nitriles is 1. The average Bonchev–Trinajstić information content (AvgIpc) is 2.47. The molecule has 0 fully saturated rings. The summed E-state index contributed by atoms with van der Waals surface area (Å²) in [5.41, 5.74) is 4.06. The van der Waals surface area contributed by atoms with Gasteiger partial charge in [0.05, 0.1) is 11.6 Å². The molecule has 0 aliphatic rings. The molecule has 3 nitrogen and oxygen atoms in total. The second-order valence-electron chi connectivity index (χ2n) is 5.04. The number of anilines is 2. The number of nitrogens with zero attached hydrogens (tertiary/aromatic N) is 2. The first-order valence-corrected chi connectivity index (χ1v) is 6.64. The van der Waals surface area contributed by atoms with Crippen LogP contribution in [0.25, 0.3) is 0 Å². The van der Waals surface area contributed by atoms with Crippen LogP contribution in [0.15, 0.2) is 48.5 Å². The van der Waals surface area contributed by atoms with Gasteiger partial charge < -0.3 is 10.2 Å². The third kappa shape index (κ3) is 3.30. The van der Waals surface area contributed by atoms with Gasteiger partial charge in [-0.15, -0.1) is 0 Å². The van der Waals surface area contributed by atoms with Crippen LogP contribution in [-0.4, -0.2) is 14.1 Å². The maximum Gasteiger partial charge on any atom is 0.0991 e. The number of nitrogens with one attached hydrogen (secondary N) is 1. The SMILES string of the molecule is CC(Nc1ccc(N(C)C)cc1)c1cccc(C#N)c1. The first-order chi connectivity index (χ1) is 9.60. The average molecular weight is 265 g/mol. The first-order valence-electron chi connectivity index (χ1n) is 6.64. The molecule has 2 aromatic carbocycles. The zero-order chi connectivity index (χ0) is 14.5. The highest BCUT2D eigenvalue weighted by Crippen LogP contribution is 2.22. The minimum absolute atomic E-state index is 0.161. The van der Waals surface area contributed by atoms with E-state index in [-0.39, 0.29) is 6.04 Å². The third-order valence-electron chi connectivity index (χ3n) is 3.28. The van der Waals surface area contributed by atoms with Crippen LogP contribution in [0.2, 0.25) is 0 Å². The fraction of sp³-hybridized carbons (Fsp3) is 0.235. The molecule has 1 atom stereocenters. The molecule has 0 spiro atoms. The molecule has 3 heteroatoms. The Morgan fingerprint density at radius 3 is 2.40 bits per heavy atom. The lowest BCUT2D eigenvalue weighted by Gasteiger charge is -2.17. The molecule has 0 radical (unpaired) electrons. The van der Waals surface area contributed by atoms with E-state index < -0.39 is 0 Å². The largest absolute Gasteiger partial charge is 0.379 e. The first kappa shape index (κ1) is 14.0. The van der Waals surface area contributed by atoms with Crippen molar-refractivity contribution in [1.82, 2.24) is 0 Å². The van der Waals surface area contributed by atoms with Crippen LogP contribution in [-0.2, 0) is 0 Å². The Balaban J connectivity index is 2.11. The molecule has 0 aliphatic carbocycles. The summed E-state index contributed by atoms with van der Waals surface area (Å²) in [6.07, 6.45) is 0. The van der Waals surface area contributed by atoms with Crippen LogP contribution in [0.5, 0.6) is 0 Å². The van der Waals surface area contributed by atoms with Crippen LogP contribution in [0.3, 0.4) is 0 Å². The van der Waals surface area contributed by atoms with Gasteiger partial charge in [-0.05, 0) is 48.9 Å². The van der Waals surface area contributed by atoms with E-state index in [9.17, 15) is 0 Å². The highest BCUT2D eigenvalue weighted by atomic mass is 15.1. The van der Waals surface area contributed by atoms with E-state index >= 15 is 0 Å². The predicted molar refractivity (Wildman–Crippen MR) is 84.0 cm³/mol. The molecule has 102 valence electrons. The highest BCUT2D eigenvalue weighted by molar-refractivity contribution is 5.55. The van der Waals surface area contributed by atoms with E-state index in [1.807, 2.05) is 38.4 Å². The van der Waals surface area contributed by atoms with Crippen LogP contribution in [0.4, 0.5) is 11.4 Å². The Morgan fingerprint density at radius 1 is 1.10 bits per heavy atom. The third-order valence-corrected chi connectivity index (χ3v) is 3.28. The van der Waals surface area contributed by atoms with Gasteiger partial charge in [-0.1, -0.05) is 12.1 Å². The fourth-order valence-corrected chi connectivity index (χ4v) is 2.07. The molecule has 2 rings (SSSR count). The summed E-state index contributed by atoms with van der Waals surface area (Å²) in [4.78, 5) is 2.07. The Kier molecular flexibility index (Phi) is 4.27. The van der Waals surface area contributed by atoms with Gasteiger partial charge in [0.15, 0.2) is 0 Å². The van der Waals surface area contributed by atoms with Gasteiger partial charge >= 0.3 is 0 Å². The van der Waals surface area contributed by atoms with Crippen LogP contribution in [0, 0.1) is 11.3 Å². The van der Waals surface area contributed by atoms with Gasteiger partial charge in [-0.2, -0.15) is 5.26 Å². The van der Waals surface area contributed by atoms with Crippen LogP contribution in [0.1, 0.15) is 24.1 Å². The van der Waals surface area contributed by atoms with Crippen molar-refractivity contribution in [2.24, 2.45) is 0 Å². The van der Waals surface area contributed by atoms with E-state index in [4.69, 9.17) is 5.26 Å². The molecular formula is C17H19N3. The van der Waals surface area contributed by atoms with E-state index in [0.29, 0.717) is 5.56 Å².